The Morgan fingerprint density at radius 1 is 0.750 bits per heavy atom. The van der Waals surface area contributed by atoms with Gasteiger partial charge < -0.3 is 10.6 Å². The normalized spacial score (nSPS) is 25.3. The van der Waals surface area contributed by atoms with E-state index in [4.69, 9.17) is 4.20 Å². The van der Waals surface area contributed by atoms with Crippen molar-refractivity contribution >= 4 is 43.4 Å². The molecule has 8 heteroatoms. The zero-order valence-corrected chi connectivity index (χ0v) is 26.2. The van der Waals surface area contributed by atoms with Crippen LogP contribution < -0.4 is 10.6 Å². The van der Waals surface area contributed by atoms with Gasteiger partial charge in [0.25, 0.3) is 0 Å². The first-order chi connectivity index (χ1) is 16.8. The molecule has 2 N–H and O–H groups in total. The third-order valence-electron chi connectivity index (χ3n) is 6.55. The Bertz CT molecular complexity index is 1010. The summed E-state index contributed by atoms with van der Waals surface area (Å²) >= 11 is 8.82. The van der Waals surface area contributed by atoms with Gasteiger partial charge in [-0.15, -0.1) is 0 Å². The molecule has 0 amide bonds. The molecule has 3 aliphatic carbocycles. The van der Waals surface area contributed by atoms with Gasteiger partial charge in [0.15, 0.2) is 0 Å². The monoisotopic (exact) mass is 659 g/mol. The van der Waals surface area contributed by atoms with E-state index in [0.717, 1.165) is 36.8 Å². The van der Waals surface area contributed by atoms with Gasteiger partial charge in [0.1, 0.15) is 0 Å². The Kier molecular flexibility index (Phi) is 11.0. The van der Waals surface area contributed by atoms with Crippen LogP contribution >= 0.6 is 31.9 Å². The molecule has 0 radical (unpaired) electrons. The van der Waals surface area contributed by atoms with E-state index in [1.807, 2.05) is 52.3 Å². The molecule has 1 saturated carbocycles. The number of ketones is 2. The van der Waals surface area contributed by atoms with Gasteiger partial charge in [0, 0.05) is 35.6 Å². The molecule has 0 aromatic rings. The molecule has 2 atom stereocenters. The van der Waals surface area contributed by atoms with Crippen LogP contribution in [0.1, 0.15) is 67.2 Å². The van der Waals surface area contributed by atoms with Crippen molar-refractivity contribution in [1.82, 2.24) is 10.6 Å². The summed E-state index contributed by atoms with van der Waals surface area (Å²) in [4.78, 5) is 25.4. The van der Waals surface area contributed by atoms with E-state index in [1.54, 1.807) is 0 Å². The van der Waals surface area contributed by atoms with Crippen LogP contribution in [-0.4, -0.2) is 23.7 Å². The van der Waals surface area contributed by atoms with Crippen LogP contribution in [0.2, 0.25) is 0 Å². The molecule has 0 aromatic heterocycles. The Morgan fingerprint density at radius 2 is 1.08 bits per heavy atom. The van der Waals surface area contributed by atoms with Gasteiger partial charge in [-0.25, -0.2) is 0 Å². The third kappa shape index (κ3) is 8.03. The molecule has 5 nitrogen and oxygen atoms in total. The molecule has 36 heavy (non-hydrogen) atoms. The summed E-state index contributed by atoms with van der Waals surface area (Å²) in [5.41, 5.74) is 3.47. The van der Waals surface area contributed by atoms with E-state index in [-0.39, 0.29) is 34.5 Å². The van der Waals surface area contributed by atoms with Crippen molar-refractivity contribution in [2.75, 3.05) is 0 Å². The maximum atomic E-state index is 12.7. The number of nitrogens with zero attached hydrogens (tertiary/aromatic N) is 1. The summed E-state index contributed by atoms with van der Waals surface area (Å²) in [5, 5.41) is 7.03. The van der Waals surface area contributed by atoms with Crippen molar-refractivity contribution in [2.45, 2.75) is 79.3 Å². The fourth-order valence-electron chi connectivity index (χ4n) is 4.23. The number of hydrogen-bond donors (Lipinski definition) is 2. The fraction of sp³-hybridized carbons (Fsp3) is 0.500. The second-order valence-corrected chi connectivity index (χ2v) is 13.1. The molecule has 1 fully saturated rings. The Morgan fingerprint density at radius 3 is 1.39 bits per heavy atom. The van der Waals surface area contributed by atoms with E-state index in [0.29, 0.717) is 20.1 Å². The topological polar surface area (TPSA) is 82.0 Å². The molecule has 0 aliphatic heterocycles. The van der Waals surface area contributed by atoms with Crippen molar-refractivity contribution in [1.29, 1.82) is 4.20 Å². The molecule has 0 spiro atoms. The number of hydrogen-bond acceptors (Lipinski definition) is 5. The zero-order chi connectivity index (χ0) is 27.3. The van der Waals surface area contributed by atoms with Gasteiger partial charge in [-0.1, -0.05) is 54.4 Å². The van der Waals surface area contributed by atoms with Crippen LogP contribution in [0.4, 0.5) is 0 Å². The van der Waals surface area contributed by atoms with Crippen LogP contribution in [0, 0.1) is 15.0 Å². The number of allylic oxidation sites excluding steroid dienone is 10. The first-order valence-electron chi connectivity index (χ1n) is 12.1. The van der Waals surface area contributed by atoms with Gasteiger partial charge in [-0.3, -0.25) is 9.59 Å². The van der Waals surface area contributed by atoms with Crippen molar-refractivity contribution in [3.63, 3.8) is 0 Å². The Balaban J connectivity index is 0.00000222. The van der Waals surface area contributed by atoms with Crippen molar-refractivity contribution in [3.05, 3.63) is 68.0 Å². The van der Waals surface area contributed by atoms with Gasteiger partial charge in [0.05, 0.1) is 8.96 Å². The summed E-state index contributed by atoms with van der Waals surface area (Å²) in [6.45, 7) is 12.9. The van der Waals surface area contributed by atoms with Crippen LogP contribution in [0.25, 0.3) is 0 Å². The number of halogens is 2. The van der Waals surface area contributed by atoms with Crippen molar-refractivity contribution in [3.8, 4) is 0 Å². The van der Waals surface area contributed by atoms with E-state index >= 15 is 0 Å². The quantitative estimate of drug-likeness (QED) is 0.253. The van der Waals surface area contributed by atoms with E-state index in [2.05, 4.69) is 84.0 Å². The molecule has 0 bridgehead atoms. The second kappa shape index (κ2) is 12.9. The zero-order valence-electron chi connectivity index (χ0n) is 21.8. The third-order valence-corrected chi connectivity index (χ3v) is 7.73. The summed E-state index contributed by atoms with van der Waals surface area (Å²) in [6, 6.07) is 0.344. The predicted molar refractivity (Wildman–Crippen MR) is 149 cm³/mol. The summed E-state index contributed by atoms with van der Waals surface area (Å²) in [7, 11) is 0. The first kappa shape index (κ1) is 30.8. The van der Waals surface area contributed by atoms with Crippen molar-refractivity contribution in [2.24, 2.45) is 10.8 Å². The number of nitrogens with one attached hydrogen (secondary N) is 2. The molecule has 0 heterocycles. The van der Waals surface area contributed by atoms with Gasteiger partial charge >= 0.3 is 19.8 Å². The second-order valence-electron chi connectivity index (χ2n) is 11.4. The molecule has 3 aliphatic rings. The minimum atomic E-state index is -0.0470. The van der Waals surface area contributed by atoms with E-state index < -0.39 is 0 Å². The average Bonchev–Trinajstić information content (AvgIpc) is 2.81. The summed E-state index contributed by atoms with van der Waals surface area (Å²) in [5.74, 6) is -0.0144. The Labute approximate surface area is 240 Å². The molecular weight excluding hydrogens is 625 g/mol. The van der Waals surface area contributed by atoms with E-state index in [1.165, 1.54) is 0 Å². The van der Waals surface area contributed by atoms with Crippen LogP contribution in [0.5, 0.6) is 0 Å². The van der Waals surface area contributed by atoms with Crippen LogP contribution in [-0.2, 0) is 25.2 Å². The van der Waals surface area contributed by atoms with Gasteiger partial charge in [-0.2, -0.15) is 0 Å². The minimum absolute atomic E-state index is 0.00720. The van der Waals surface area contributed by atoms with Crippen LogP contribution in [0.3, 0.4) is 0 Å². The van der Waals surface area contributed by atoms with Crippen molar-refractivity contribution < 1.29 is 25.2 Å². The Hall–Kier alpha value is -1.43. The SMILES string of the molecule is CC(C)(C)C1=C/C(=C/N[C@@H]2CCCC[C@H]2N/C=C2/C=C(C(C)(C)C)C=C(Br)C2=O)C(=O)C(Br)=C1.[N]#[Mn]. The molecule has 0 saturated heterocycles. The number of rotatable bonds is 4. The molecular formula is C28H36Br2MnN3O2. The number of Topliss-reactive ketones (excluding diaryl/α,β-unsaturated/α-hetero) is 2. The fourth-order valence-corrected chi connectivity index (χ4v) is 5.18. The van der Waals surface area contributed by atoms with Gasteiger partial charge in [-0.05, 0) is 91.0 Å². The molecule has 0 unspecified atom stereocenters. The molecule has 0 aromatic carbocycles. The predicted octanol–water partition coefficient (Wildman–Crippen LogP) is 6.93. The average molecular weight is 661 g/mol. The standard InChI is InChI=1S/C28H36Br2N2O2.Mn.N/c1-27(2,3)19-11-17(25(33)21(29)13-19)15-31-23-9-7-8-10-24(23)32-16-18-12-20(28(4,5)6)14-22(30)26(18)34;;/h11-16,23-24,31-32H,7-10H2,1-6H3;;/b17-15-,18-16-;;/t23-,24-;;/m1../s1. The number of carbonyl (C=O) groups is 2. The van der Waals surface area contributed by atoms with Gasteiger partial charge in [0.2, 0.25) is 11.6 Å². The van der Waals surface area contributed by atoms with Crippen LogP contribution in [0.15, 0.2) is 68.0 Å². The summed E-state index contributed by atoms with van der Waals surface area (Å²) < 4.78 is 7.99. The first-order valence-corrected chi connectivity index (χ1v) is 14.3. The molecule has 3 rings (SSSR count). The maximum absolute atomic E-state index is 12.7. The number of carbonyl (C=O) groups excluding carboxylic acids is 2. The molecule has 196 valence electrons. The summed E-state index contributed by atoms with van der Waals surface area (Å²) in [6.07, 6.45) is 15.8. The van der Waals surface area contributed by atoms with E-state index in [9.17, 15) is 9.59 Å².